The van der Waals surface area contributed by atoms with E-state index in [0.29, 0.717) is 12.1 Å². The zero-order valence-electron chi connectivity index (χ0n) is 11.1. The van der Waals surface area contributed by atoms with Gasteiger partial charge >= 0.3 is 0 Å². The molecule has 2 rings (SSSR count). The summed E-state index contributed by atoms with van der Waals surface area (Å²) in [6.07, 6.45) is 12.0. The Morgan fingerprint density at radius 1 is 1.12 bits per heavy atom. The molecule has 1 N–H and O–H groups in total. The Hall–Kier alpha value is -0.310. The second-order valence-corrected chi connectivity index (χ2v) is 5.92. The molecule has 2 aliphatic rings. The van der Waals surface area contributed by atoms with Crippen LogP contribution in [0.1, 0.15) is 64.7 Å². The zero-order chi connectivity index (χ0) is 12.1. The van der Waals surface area contributed by atoms with Crippen LogP contribution in [0.3, 0.4) is 0 Å². The predicted molar refractivity (Wildman–Crippen MR) is 77.2 cm³/mol. The van der Waals surface area contributed by atoms with Gasteiger partial charge in [-0.2, -0.15) is 0 Å². The quantitative estimate of drug-likeness (QED) is 0.760. The number of hydrogen-bond donors (Lipinski definition) is 1. The van der Waals surface area contributed by atoms with E-state index in [-0.39, 0.29) is 0 Å². The minimum absolute atomic E-state index is 0.656. The van der Waals surface area contributed by atoms with Crippen molar-refractivity contribution in [1.82, 2.24) is 10.2 Å². The van der Waals surface area contributed by atoms with Crippen LogP contribution in [0, 0.1) is 0 Å². The number of hydrogen-bond acceptors (Lipinski definition) is 1. The molecule has 0 aromatic rings. The highest BCUT2D eigenvalue weighted by molar-refractivity contribution is 7.80. The molecule has 0 amide bonds. The van der Waals surface area contributed by atoms with Gasteiger partial charge in [-0.05, 0) is 44.3 Å². The summed E-state index contributed by atoms with van der Waals surface area (Å²) < 4.78 is 0. The number of rotatable bonds is 2. The van der Waals surface area contributed by atoms with Gasteiger partial charge in [0.05, 0.1) is 0 Å². The molecule has 0 spiro atoms. The number of nitrogens with zero attached hydrogens (tertiary/aromatic N) is 1. The molecule has 1 saturated carbocycles. The van der Waals surface area contributed by atoms with Crippen LogP contribution in [0.15, 0.2) is 0 Å². The Balaban J connectivity index is 1.89. The van der Waals surface area contributed by atoms with Gasteiger partial charge in [0.25, 0.3) is 0 Å². The molecule has 1 heterocycles. The molecule has 0 aromatic carbocycles. The Morgan fingerprint density at radius 2 is 1.82 bits per heavy atom. The van der Waals surface area contributed by atoms with Crippen molar-refractivity contribution in [3.8, 4) is 0 Å². The SMILES string of the molecule is CCC1CCCCCN1C(=S)NC1CCCC1. The van der Waals surface area contributed by atoms with Gasteiger partial charge in [-0.15, -0.1) is 0 Å². The van der Waals surface area contributed by atoms with E-state index in [1.54, 1.807) is 0 Å². The molecular weight excluding hydrogens is 228 g/mol. The third-order valence-corrected chi connectivity index (χ3v) is 4.64. The van der Waals surface area contributed by atoms with Crippen LogP contribution >= 0.6 is 12.2 Å². The van der Waals surface area contributed by atoms with E-state index in [2.05, 4.69) is 17.1 Å². The van der Waals surface area contributed by atoms with Crippen molar-refractivity contribution in [2.45, 2.75) is 76.8 Å². The normalized spacial score (nSPS) is 26.9. The maximum atomic E-state index is 5.63. The summed E-state index contributed by atoms with van der Waals surface area (Å²) in [4.78, 5) is 2.47. The molecule has 17 heavy (non-hydrogen) atoms. The van der Waals surface area contributed by atoms with E-state index < -0.39 is 0 Å². The lowest BCUT2D eigenvalue weighted by Gasteiger charge is -2.33. The summed E-state index contributed by atoms with van der Waals surface area (Å²) in [6, 6.07) is 1.34. The first-order valence-electron chi connectivity index (χ1n) is 7.38. The molecule has 1 saturated heterocycles. The summed E-state index contributed by atoms with van der Waals surface area (Å²) in [5, 5.41) is 4.63. The maximum absolute atomic E-state index is 5.63. The van der Waals surface area contributed by atoms with Crippen molar-refractivity contribution >= 4 is 17.3 Å². The fourth-order valence-corrected chi connectivity index (χ4v) is 3.60. The van der Waals surface area contributed by atoms with Crippen molar-refractivity contribution in [3.05, 3.63) is 0 Å². The fraction of sp³-hybridized carbons (Fsp3) is 0.929. The van der Waals surface area contributed by atoms with Crippen molar-refractivity contribution in [2.75, 3.05) is 6.54 Å². The van der Waals surface area contributed by atoms with Crippen LogP contribution in [-0.2, 0) is 0 Å². The Bertz CT molecular complexity index is 249. The third-order valence-electron chi connectivity index (χ3n) is 4.29. The second kappa shape index (κ2) is 6.58. The van der Waals surface area contributed by atoms with E-state index in [4.69, 9.17) is 12.2 Å². The summed E-state index contributed by atoms with van der Waals surface area (Å²) in [6.45, 7) is 3.46. The van der Waals surface area contributed by atoms with E-state index in [1.165, 1.54) is 57.8 Å². The van der Waals surface area contributed by atoms with Crippen molar-refractivity contribution in [1.29, 1.82) is 0 Å². The molecule has 1 unspecified atom stereocenters. The van der Waals surface area contributed by atoms with Crippen LogP contribution in [-0.4, -0.2) is 28.6 Å². The Kier molecular flexibility index (Phi) is 5.08. The number of likely N-dealkylation sites (tertiary alicyclic amines) is 1. The standard InChI is InChI=1S/C14H26N2S/c1-2-13-10-4-3-7-11-16(13)14(17)15-12-8-5-6-9-12/h12-13H,2-11H2,1H3,(H,15,17). The van der Waals surface area contributed by atoms with Gasteiger partial charge in [0, 0.05) is 18.6 Å². The average Bonchev–Trinajstić information content (AvgIpc) is 2.71. The van der Waals surface area contributed by atoms with Crippen LogP contribution in [0.2, 0.25) is 0 Å². The highest BCUT2D eigenvalue weighted by atomic mass is 32.1. The molecule has 1 aliphatic carbocycles. The monoisotopic (exact) mass is 254 g/mol. The highest BCUT2D eigenvalue weighted by Gasteiger charge is 2.24. The lowest BCUT2D eigenvalue weighted by atomic mass is 10.1. The van der Waals surface area contributed by atoms with Gasteiger partial charge in [0.2, 0.25) is 0 Å². The van der Waals surface area contributed by atoms with Gasteiger partial charge in [-0.1, -0.05) is 32.6 Å². The van der Waals surface area contributed by atoms with E-state index >= 15 is 0 Å². The molecule has 2 fully saturated rings. The Labute approximate surface area is 111 Å². The van der Waals surface area contributed by atoms with E-state index in [0.717, 1.165) is 11.7 Å². The van der Waals surface area contributed by atoms with Crippen LogP contribution in [0.4, 0.5) is 0 Å². The largest absolute Gasteiger partial charge is 0.360 e. The van der Waals surface area contributed by atoms with Crippen molar-refractivity contribution in [2.24, 2.45) is 0 Å². The van der Waals surface area contributed by atoms with Crippen molar-refractivity contribution < 1.29 is 0 Å². The maximum Gasteiger partial charge on any atom is 0.169 e. The molecule has 98 valence electrons. The smallest absolute Gasteiger partial charge is 0.169 e. The molecule has 0 radical (unpaired) electrons. The number of nitrogens with one attached hydrogen (secondary N) is 1. The van der Waals surface area contributed by atoms with Gasteiger partial charge in [0.15, 0.2) is 5.11 Å². The summed E-state index contributed by atoms with van der Waals surface area (Å²) in [5.41, 5.74) is 0. The first-order valence-corrected chi connectivity index (χ1v) is 7.79. The minimum Gasteiger partial charge on any atom is -0.360 e. The summed E-state index contributed by atoms with van der Waals surface area (Å²) in [5.74, 6) is 0. The van der Waals surface area contributed by atoms with Crippen LogP contribution in [0.25, 0.3) is 0 Å². The molecule has 1 atom stereocenters. The fourth-order valence-electron chi connectivity index (χ4n) is 3.20. The minimum atomic E-state index is 0.656. The molecular formula is C14H26N2S. The average molecular weight is 254 g/mol. The molecule has 0 bridgehead atoms. The topological polar surface area (TPSA) is 15.3 Å². The lowest BCUT2D eigenvalue weighted by Crippen LogP contribution is -2.48. The van der Waals surface area contributed by atoms with Crippen LogP contribution < -0.4 is 5.32 Å². The van der Waals surface area contributed by atoms with E-state index in [1.807, 2.05) is 0 Å². The molecule has 2 nitrogen and oxygen atoms in total. The molecule has 1 aliphatic heterocycles. The van der Waals surface area contributed by atoms with Gasteiger partial charge in [0.1, 0.15) is 0 Å². The predicted octanol–water partition coefficient (Wildman–Crippen LogP) is 3.46. The zero-order valence-corrected chi connectivity index (χ0v) is 11.9. The summed E-state index contributed by atoms with van der Waals surface area (Å²) >= 11 is 5.63. The lowest BCUT2D eigenvalue weighted by molar-refractivity contribution is 0.300. The van der Waals surface area contributed by atoms with Crippen LogP contribution in [0.5, 0.6) is 0 Å². The van der Waals surface area contributed by atoms with Gasteiger partial charge < -0.3 is 10.2 Å². The summed E-state index contributed by atoms with van der Waals surface area (Å²) in [7, 11) is 0. The highest BCUT2D eigenvalue weighted by Crippen LogP contribution is 2.21. The Morgan fingerprint density at radius 3 is 2.53 bits per heavy atom. The first kappa shape index (κ1) is 13.1. The van der Waals surface area contributed by atoms with Gasteiger partial charge in [-0.25, -0.2) is 0 Å². The molecule has 0 aromatic heterocycles. The first-order chi connectivity index (χ1) is 8.31. The van der Waals surface area contributed by atoms with E-state index in [9.17, 15) is 0 Å². The van der Waals surface area contributed by atoms with Gasteiger partial charge in [-0.3, -0.25) is 0 Å². The second-order valence-electron chi connectivity index (χ2n) is 5.54. The number of thiocarbonyl (C=S) groups is 1. The molecule has 3 heteroatoms. The third kappa shape index (κ3) is 3.57. The van der Waals surface area contributed by atoms with Crippen molar-refractivity contribution in [3.63, 3.8) is 0 Å².